The second-order valence-electron chi connectivity index (χ2n) is 6.93. The zero-order valence-corrected chi connectivity index (χ0v) is 16.1. The Morgan fingerprint density at radius 3 is 2.46 bits per heavy atom. The Morgan fingerprint density at radius 2 is 1.85 bits per heavy atom. The number of hydrogen-bond acceptors (Lipinski definition) is 5. The molecule has 1 amide bonds. The maximum Gasteiger partial charge on any atom is 0.318 e. The van der Waals surface area contributed by atoms with Gasteiger partial charge in [-0.25, -0.2) is 0 Å². The average molecular weight is 377 g/mol. The van der Waals surface area contributed by atoms with E-state index in [2.05, 4.69) is 15.1 Å². The Bertz CT molecular complexity index is 721. The molecular weight excluding hydrogens is 352 g/mol. The van der Waals surface area contributed by atoms with Gasteiger partial charge >= 0.3 is 6.01 Å². The van der Waals surface area contributed by atoms with Crippen molar-refractivity contribution < 1.29 is 9.21 Å². The van der Waals surface area contributed by atoms with Crippen molar-refractivity contribution in [1.82, 2.24) is 15.1 Å². The fourth-order valence-electron chi connectivity index (χ4n) is 2.99. The van der Waals surface area contributed by atoms with Gasteiger partial charge in [0.05, 0.1) is 0 Å². The van der Waals surface area contributed by atoms with Gasteiger partial charge in [-0.3, -0.25) is 4.79 Å². The lowest BCUT2D eigenvalue weighted by Gasteiger charge is -2.33. The summed E-state index contributed by atoms with van der Waals surface area (Å²) in [6, 6.07) is 8.37. The van der Waals surface area contributed by atoms with E-state index in [-0.39, 0.29) is 11.8 Å². The minimum Gasteiger partial charge on any atom is -0.408 e. The number of halogens is 1. The van der Waals surface area contributed by atoms with Crippen molar-refractivity contribution in [2.45, 2.75) is 39.0 Å². The van der Waals surface area contributed by atoms with Gasteiger partial charge in [0, 0.05) is 43.5 Å². The smallest absolute Gasteiger partial charge is 0.318 e. The van der Waals surface area contributed by atoms with Gasteiger partial charge in [0.1, 0.15) is 0 Å². The number of amides is 1. The van der Waals surface area contributed by atoms with Crippen LogP contribution in [-0.4, -0.2) is 47.2 Å². The number of benzene rings is 1. The van der Waals surface area contributed by atoms with Gasteiger partial charge in [0.25, 0.3) is 0 Å². The van der Waals surface area contributed by atoms with Crippen LogP contribution < -0.4 is 4.90 Å². The number of nitrogens with zero attached hydrogens (tertiary/aromatic N) is 4. The van der Waals surface area contributed by atoms with Crippen LogP contribution >= 0.6 is 11.6 Å². The summed E-state index contributed by atoms with van der Waals surface area (Å²) in [5.74, 6) is 1.09. The van der Waals surface area contributed by atoms with Crippen molar-refractivity contribution in [3.63, 3.8) is 0 Å². The van der Waals surface area contributed by atoms with Crippen LogP contribution in [-0.2, 0) is 11.2 Å². The molecule has 1 aliphatic rings. The van der Waals surface area contributed by atoms with Gasteiger partial charge in [-0.15, -0.1) is 5.10 Å². The van der Waals surface area contributed by atoms with Gasteiger partial charge in [-0.2, -0.15) is 0 Å². The van der Waals surface area contributed by atoms with Crippen molar-refractivity contribution in [2.24, 2.45) is 0 Å². The third-order valence-electron chi connectivity index (χ3n) is 4.60. The largest absolute Gasteiger partial charge is 0.408 e. The number of aryl methyl sites for hydroxylation is 1. The summed E-state index contributed by atoms with van der Waals surface area (Å²) < 4.78 is 5.69. The molecule has 0 atom stereocenters. The molecule has 0 N–H and O–H groups in total. The van der Waals surface area contributed by atoms with Gasteiger partial charge in [-0.1, -0.05) is 42.7 Å². The minimum absolute atomic E-state index is 0.215. The number of anilines is 1. The zero-order valence-electron chi connectivity index (χ0n) is 15.3. The van der Waals surface area contributed by atoms with E-state index in [0.29, 0.717) is 31.4 Å². The number of aromatic nitrogens is 2. The highest BCUT2D eigenvalue weighted by molar-refractivity contribution is 6.30. The molecule has 0 saturated carbocycles. The Balaban J connectivity index is 1.42. The lowest BCUT2D eigenvalue weighted by Crippen LogP contribution is -2.48. The molecule has 140 valence electrons. The van der Waals surface area contributed by atoms with E-state index in [4.69, 9.17) is 16.0 Å². The summed E-state index contributed by atoms with van der Waals surface area (Å²) in [5, 5.41) is 8.93. The first-order valence-electron chi connectivity index (χ1n) is 9.13. The van der Waals surface area contributed by atoms with E-state index in [1.165, 1.54) is 5.56 Å². The molecule has 0 bridgehead atoms. The minimum atomic E-state index is 0.215. The molecular formula is C19H25ClN4O2. The molecule has 1 fully saturated rings. The van der Waals surface area contributed by atoms with Gasteiger partial charge in [0.15, 0.2) is 0 Å². The lowest BCUT2D eigenvalue weighted by molar-refractivity contribution is -0.131. The first-order valence-corrected chi connectivity index (χ1v) is 9.51. The van der Waals surface area contributed by atoms with E-state index >= 15 is 0 Å². The monoisotopic (exact) mass is 376 g/mol. The lowest BCUT2D eigenvalue weighted by atomic mass is 10.1. The molecule has 6 nitrogen and oxygen atoms in total. The highest BCUT2D eigenvalue weighted by Gasteiger charge is 2.24. The molecule has 0 radical (unpaired) electrons. The first kappa shape index (κ1) is 18.7. The summed E-state index contributed by atoms with van der Waals surface area (Å²) >= 11 is 5.89. The van der Waals surface area contributed by atoms with Crippen LogP contribution in [0, 0.1) is 0 Å². The Hall–Kier alpha value is -2.08. The molecule has 2 heterocycles. The first-order chi connectivity index (χ1) is 12.5. The SMILES string of the molecule is CC(C)c1nnc(N2CCN(C(=O)CCCc3ccc(Cl)cc3)CC2)o1. The molecule has 1 aromatic heterocycles. The highest BCUT2D eigenvalue weighted by Crippen LogP contribution is 2.20. The highest BCUT2D eigenvalue weighted by atomic mass is 35.5. The Labute approximate surface area is 159 Å². The number of carbonyl (C=O) groups is 1. The van der Waals surface area contributed by atoms with Crippen LogP contribution in [0.5, 0.6) is 0 Å². The summed E-state index contributed by atoms with van der Waals surface area (Å²) in [5.41, 5.74) is 1.21. The molecule has 26 heavy (non-hydrogen) atoms. The van der Waals surface area contributed by atoms with Crippen LogP contribution in [0.3, 0.4) is 0 Å². The van der Waals surface area contributed by atoms with Crippen molar-refractivity contribution in [3.05, 3.63) is 40.7 Å². The van der Waals surface area contributed by atoms with Crippen molar-refractivity contribution >= 4 is 23.5 Å². The predicted octanol–water partition coefficient (Wildman–Crippen LogP) is 3.52. The van der Waals surface area contributed by atoms with Crippen LogP contribution in [0.25, 0.3) is 0 Å². The Kier molecular flexibility index (Phi) is 6.14. The predicted molar refractivity (Wildman–Crippen MR) is 102 cm³/mol. The van der Waals surface area contributed by atoms with E-state index in [0.717, 1.165) is 31.0 Å². The molecule has 1 aromatic carbocycles. The number of rotatable bonds is 6. The summed E-state index contributed by atoms with van der Waals surface area (Å²) in [6.45, 7) is 6.89. The number of hydrogen-bond donors (Lipinski definition) is 0. The quantitative estimate of drug-likeness (QED) is 0.771. The molecule has 0 aliphatic carbocycles. The van der Waals surface area contributed by atoms with E-state index in [1.54, 1.807) is 0 Å². The van der Waals surface area contributed by atoms with Gasteiger partial charge < -0.3 is 14.2 Å². The molecule has 7 heteroatoms. The zero-order chi connectivity index (χ0) is 18.5. The van der Waals surface area contributed by atoms with Gasteiger partial charge in [0.2, 0.25) is 11.8 Å². The van der Waals surface area contributed by atoms with Crippen molar-refractivity contribution in [3.8, 4) is 0 Å². The van der Waals surface area contributed by atoms with Crippen LogP contribution in [0.1, 0.15) is 44.1 Å². The third-order valence-corrected chi connectivity index (χ3v) is 4.85. The van der Waals surface area contributed by atoms with Gasteiger partial charge in [-0.05, 0) is 30.5 Å². The van der Waals surface area contributed by atoms with E-state index in [9.17, 15) is 4.79 Å². The van der Waals surface area contributed by atoms with Crippen LogP contribution in [0.2, 0.25) is 5.02 Å². The maximum absolute atomic E-state index is 12.4. The number of carbonyl (C=O) groups excluding carboxylic acids is 1. The molecule has 1 saturated heterocycles. The second kappa shape index (κ2) is 8.54. The summed E-state index contributed by atoms with van der Waals surface area (Å²) in [7, 11) is 0. The maximum atomic E-state index is 12.4. The standard InChI is InChI=1S/C19H25ClN4O2/c1-14(2)18-21-22-19(26-18)24-12-10-23(11-13-24)17(25)5-3-4-15-6-8-16(20)9-7-15/h6-9,14H,3-5,10-13H2,1-2H3. The molecule has 0 unspecified atom stereocenters. The average Bonchev–Trinajstić information content (AvgIpc) is 3.14. The second-order valence-corrected chi connectivity index (χ2v) is 7.36. The molecule has 2 aromatic rings. The van der Waals surface area contributed by atoms with Crippen molar-refractivity contribution in [2.75, 3.05) is 31.1 Å². The number of piperazine rings is 1. The third kappa shape index (κ3) is 4.75. The molecule has 3 rings (SSSR count). The van der Waals surface area contributed by atoms with E-state index < -0.39 is 0 Å². The Morgan fingerprint density at radius 1 is 1.15 bits per heavy atom. The van der Waals surface area contributed by atoms with E-state index in [1.807, 2.05) is 43.0 Å². The van der Waals surface area contributed by atoms with Crippen molar-refractivity contribution in [1.29, 1.82) is 0 Å². The van der Waals surface area contributed by atoms with Crippen LogP contribution in [0.15, 0.2) is 28.7 Å². The topological polar surface area (TPSA) is 62.5 Å². The fourth-order valence-corrected chi connectivity index (χ4v) is 3.11. The molecule has 1 aliphatic heterocycles. The van der Waals surface area contributed by atoms with Crippen LogP contribution in [0.4, 0.5) is 6.01 Å². The molecule has 0 spiro atoms. The summed E-state index contributed by atoms with van der Waals surface area (Å²) in [4.78, 5) is 16.4. The fraction of sp³-hybridized carbons (Fsp3) is 0.526. The summed E-state index contributed by atoms with van der Waals surface area (Å²) in [6.07, 6.45) is 2.31. The normalized spacial score (nSPS) is 14.9.